The smallest absolute Gasteiger partial charge is 0.224 e. The Kier molecular flexibility index (Phi) is 6.20. The maximum atomic E-state index is 11.9. The molecule has 6 nitrogen and oxygen atoms in total. The third kappa shape index (κ3) is 4.54. The van der Waals surface area contributed by atoms with Crippen molar-refractivity contribution >= 4 is 5.91 Å². The van der Waals surface area contributed by atoms with Gasteiger partial charge in [0.2, 0.25) is 5.91 Å². The molecule has 118 valence electrons. The van der Waals surface area contributed by atoms with Gasteiger partial charge in [0.25, 0.3) is 0 Å². The van der Waals surface area contributed by atoms with Crippen molar-refractivity contribution in [3.63, 3.8) is 0 Å². The van der Waals surface area contributed by atoms with Crippen LogP contribution in [0.1, 0.15) is 37.4 Å². The highest BCUT2D eigenvalue weighted by molar-refractivity contribution is 5.76. The molecule has 0 aromatic carbocycles. The standard InChI is InChI=1S/C15H25N3O3/c1-3-14-12(11-21-17-14)10-16-13-4-7-18(8-5-13)15(19)6-9-20-2/h11,13,16H,3-10H2,1-2H3. The first-order valence-electron chi connectivity index (χ1n) is 7.66. The molecule has 1 aromatic heterocycles. The molecule has 0 radical (unpaired) electrons. The van der Waals surface area contributed by atoms with Crippen LogP contribution in [0.2, 0.25) is 0 Å². The molecule has 0 atom stereocenters. The van der Waals surface area contributed by atoms with E-state index in [1.807, 2.05) is 4.90 Å². The van der Waals surface area contributed by atoms with E-state index in [0.29, 0.717) is 19.1 Å². The lowest BCUT2D eigenvalue weighted by molar-refractivity contribution is -0.133. The number of hydrogen-bond donors (Lipinski definition) is 1. The average molecular weight is 295 g/mol. The van der Waals surface area contributed by atoms with Gasteiger partial charge in [-0.3, -0.25) is 4.79 Å². The van der Waals surface area contributed by atoms with Gasteiger partial charge < -0.3 is 19.5 Å². The second-order valence-electron chi connectivity index (χ2n) is 5.42. The van der Waals surface area contributed by atoms with Crippen molar-refractivity contribution in [1.29, 1.82) is 0 Å². The van der Waals surface area contributed by atoms with Crippen LogP contribution in [0.25, 0.3) is 0 Å². The molecular formula is C15H25N3O3. The molecule has 2 rings (SSSR count). The minimum Gasteiger partial charge on any atom is -0.384 e. The lowest BCUT2D eigenvalue weighted by Gasteiger charge is -2.32. The molecule has 1 aliphatic rings. The SMILES string of the molecule is CCc1nocc1CNC1CCN(C(=O)CCOC)CC1. The zero-order valence-corrected chi connectivity index (χ0v) is 12.9. The van der Waals surface area contributed by atoms with Crippen LogP contribution in [-0.4, -0.2) is 48.8 Å². The number of aryl methyl sites for hydroxylation is 1. The van der Waals surface area contributed by atoms with Gasteiger partial charge in [-0.15, -0.1) is 0 Å². The largest absolute Gasteiger partial charge is 0.384 e. The van der Waals surface area contributed by atoms with Crippen LogP contribution in [0, 0.1) is 0 Å². The van der Waals surface area contributed by atoms with Gasteiger partial charge in [-0.1, -0.05) is 12.1 Å². The molecule has 1 saturated heterocycles. The van der Waals surface area contributed by atoms with Gasteiger partial charge in [0, 0.05) is 38.3 Å². The fourth-order valence-electron chi connectivity index (χ4n) is 2.65. The quantitative estimate of drug-likeness (QED) is 0.822. The van der Waals surface area contributed by atoms with Crippen molar-refractivity contribution in [2.24, 2.45) is 0 Å². The fraction of sp³-hybridized carbons (Fsp3) is 0.733. The minimum atomic E-state index is 0.197. The maximum Gasteiger partial charge on any atom is 0.224 e. The molecule has 6 heteroatoms. The molecule has 1 fully saturated rings. The Balaban J connectivity index is 1.70. The number of likely N-dealkylation sites (tertiary alicyclic amines) is 1. The highest BCUT2D eigenvalue weighted by Gasteiger charge is 2.22. The summed E-state index contributed by atoms with van der Waals surface area (Å²) < 4.78 is 9.96. The molecule has 1 N–H and O–H groups in total. The Hall–Kier alpha value is -1.40. The van der Waals surface area contributed by atoms with Crippen LogP contribution in [0.5, 0.6) is 0 Å². The van der Waals surface area contributed by atoms with Crippen LogP contribution >= 0.6 is 0 Å². The number of nitrogens with zero attached hydrogens (tertiary/aromatic N) is 2. The van der Waals surface area contributed by atoms with Crippen molar-refractivity contribution in [2.45, 2.75) is 45.2 Å². The number of carbonyl (C=O) groups excluding carboxylic acids is 1. The Morgan fingerprint density at radius 1 is 1.52 bits per heavy atom. The summed E-state index contributed by atoms with van der Waals surface area (Å²) in [5, 5.41) is 7.52. The number of ether oxygens (including phenoxy) is 1. The molecule has 0 bridgehead atoms. The van der Waals surface area contributed by atoms with E-state index in [9.17, 15) is 4.79 Å². The first-order chi connectivity index (χ1) is 10.2. The van der Waals surface area contributed by atoms with Gasteiger partial charge in [0.1, 0.15) is 6.26 Å². The van der Waals surface area contributed by atoms with E-state index in [1.54, 1.807) is 13.4 Å². The highest BCUT2D eigenvalue weighted by atomic mass is 16.5. The van der Waals surface area contributed by atoms with E-state index in [1.165, 1.54) is 0 Å². The molecule has 0 unspecified atom stereocenters. The number of hydrogen-bond acceptors (Lipinski definition) is 5. The van der Waals surface area contributed by atoms with Crippen molar-refractivity contribution in [1.82, 2.24) is 15.4 Å². The van der Waals surface area contributed by atoms with Gasteiger partial charge in [-0.25, -0.2) is 0 Å². The molecule has 2 heterocycles. The summed E-state index contributed by atoms with van der Waals surface area (Å²) in [6, 6.07) is 0.455. The number of nitrogens with one attached hydrogen (secondary N) is 1. The van der Waals surface area contributed by atoms with E-state index in [2.05, 4.69) is 17.4 Å². The van der Waals surface area contributed by atoms with Gasteiger partial charge in [0.05, 0.1) is 18.7 Å². The van der Waals surface area contributed by atoms with Crippen LogP contribution in [0.4, 0.5) is 0 Å². The predicted octanol–water partition coefficient (Wildman–Crippen LogP) is 1.35. The summed E-state index contributed by atoms with van der Waals surface area (Å²) in [6.07, 6.45) is 5.07. The van der Waals surface area contributed by atoms with E-state index in [-0.39, 0.29) is 5.91 Å². The number of rotatable bonds is 7. The molecule has 1 aliphatic heterocycles. The third-order valence-electron chi connectivity index (χ3n) is 4.01. The van der Waals surface area contributed by atoms with Gasteiger partial charge in [0.15, 0.2) is 0 Å². The normalized spacial score (nSPS) is 16.4. The van der Waals surface area contributed by atoms with Gasteiger partial charge in [-0.05, 0) is 19.3 Å². The van der Waals surface area contributed by atoms with Gasteiger partial charge >= 0.3 is 0 Å². The number of aromatic nitrogens is 1. The maximum absolute atomic E-state index is 11.9. The molecule has 0 spiro atoms. The molecule has 0 aliphatic carbocycles. The summed E-state index contributed by atoms with van der Waals surface area (Å²) >= 11 is 0. The van der Waals surface area contributed by atoms with Gasteiger partial charge in [-0.2, -0.15) is 0 Å². The van der Waals surface area contributed by atoms with E-state index >= 15 is 0 Å². The number of carbonyl (C=O) groups is 1. The summed E-state index contributed by atoms with van der Waals surface area (Å²) in [4.78, 5) is 13.8. The molecule has 0 saturated carbocycles. The third-order valence-corrected chi connectivity index (χ3v) is 4.01. The van der Waals surface area contributed by atoms with Crippen molar-refractivity contribution in [3.05, 3.63) is 17.5 Å². The van der Waals surface area contributed by atoms with Crippen LogP contribution in [0.3, 0.4) is 0 Å². The Labute approximate surface area is 125 Å². The average Bonchev–Trinajstić information content (AvgIpc) is 2.98. The molecule has 1 aromatic rings. The Bertz CT molecular complexity index is 439. The highest BCUT2D eigenvalue weighted by Crippen LogP contribution is 2.13. The van der Waals surface area contributed by atoms with Crippen LogP contribution in [0.15, 0.2) is 10.8 Å². The second kappa shape index (κ2) is 8.14. The molecule has 21 heavy (non-hydrogen) atoms. The first kappa shape index (κ1) is 16.0. The zero-order valence-electron chi connectivity index (χ0n) is 12.9. The molecular weight excluding hydrogens is 270 g/mol. The fourth-order valence-corrected chi connectivity index (χ4v) is 2.65. The summed E-state index contributed by atoms with van der Waals surface area (Å²) in [7, 11) is 1.62. The number of piperidine rings is 1. The van der Waals surface area contributed by atoms with Crippen molar-refractivity contribution < 1.29 is 14.1 Å². The Morgan fingerprint density at radius 2 is 2.29 bits per heavy atom. The minimum absolute atomic E-state index is 0.197. The number of amides is 1. The topological polar surface area (TPSA) is 67.6 Å². The Morgan fingerprint density at radius 3 is 2.95 bits per heavy atom. The van der Waals surface area contributed by atoms with Crippen molar-refractivity contribution in [2.75, 3.05) is 26.8 Å². The lowest BCUT2D eigenvalue weighted by Crippen LogP contribution is -2.44. The van der Waals surface area contributed by atoms with E-state index in [0.717, 1.165) is 50.2 Å². The monoisotopic (exact) mass is 295 g/mol. The first-order valence-corrected chi connectivity index (χ1v) is 7.66. The van der Waals surface area contributed by atoms with Crippen molar-refractivity contribution in [3.8, 4) is 0 Å². The second-order valence-corrected chi connectivity index (χ2v) is 5.42. The predicted molar refractivity (Wildman–Crippen MR) is 78.8 cm³/mol. The van der Waals surface area contributed by atoms with E-state index < -0.39 is 0 Å². The van der Waals surface area contributed by atoms with Crippen LogP contribution < -0.4 is 5.32 Å². The van der Waals surface area contributed by atoms with Crippen LogP contribution in [-0.2, 0) is 22.5 Å². The molecule has 1 amide bonds. The van der Waals surface area contributed by atoms with E-state index in [4.69, 9.17) is 9.26 Å². The summed E-state index contributed by atoms with van der Waals surface area (Å²) in [5.74, 6) is 0.197. The summed E-state index contributed by atoms with van der Waals surface area (Å²) in [5.41, 5.74) is 2.16. The lowest BCUT2D eigenvalue weighted by atomic mass is 10.0. The summed E-state index contributed by atoms with van der Waals surface area (Å²) in [6.45, 7) is 5.01. The zero-order chi connectivity index (χ0) is 15.1. The number of methoxy groups -OCH3 is 1.